The largest absolute Gasteiger partial charge is 0.231 e. The van der Waals surface area contributed by atoms with Gasteiger partial charge in [0, 0.05) is 5.88 Å². The molecule has 0 aliphatic heterocycles. The highest BCUT2D eigenvalue weighted by atomic mass is 35.5. The highest BCUT2D eigenvalue weighted by Gasteiger charge is 2.45. The van der Waals surface area contributed by atoms with Crippen LogP contribution in [-0.4, -0.2) is 19.0 Å². The summed E-state index contributed by atoms with van der Waals surface area (Å²) in [4.78, 5) is 0. The molecule has 0 aromatic heterocycles. The van der Waals surface area contributed by atoms with E-state index in [1.54, 1.807) is 0 Å². The van der Waals surface area contributed by atoms with E-state index < -0.39 is 10.7 Å². The third-order valence-electron chi connectivity index (χ3n) is 1.99. The van der Waals surface area contributed by atoms with Crippen LogP contribution < -0.4 is 0 Å². The van der Waals surface area contributed by atoms with E-state index in [0.717, 1.165) is 25.7 Å². The fourth-order valence-electron chi connectivity index (χ4n) is 1.06. The van der Waals surface area contributed by atoms with Gasteiger partial charge in [-0.05, 0) is 25.7 Å². The molecule has 0 bridgehead atoms. The molecule has 4 heteroatoms. The van der Waals surface area contributed by atoms with Gasteiger partial charge in [0.05, 0.1) is 4.75 Å². The normalized spacial score (nSPS) is 21.4. The first-order valence-electron chi connectivity index (χ1n) is 3.42. The second-order valence-corrected chi connectivity index (χ2v) is 4.61. The third-order valence-corrected chi connectivity index (χ3v) is 3.70. The van der Waals surface area contributed by atoms with Crippen molar-refractivity contribution in [3.05, 3.63) is 0 Å². The quantitative estimate of drug-likeness (QED) is 0.523. The lowest BCUT2D eigenvalue weighted by atomic mass is 10.2. The molecular weight excluding hydrogens is 172 g/mol. The third kappa shape index (κ3) is 1.64. The number of alkyl halides is 1. The van der Waals surface area contributed by atoms with Gasteiger partial charge in [0.15, 0.2) is 0 Å². The Morgan fingerprint density at radius 3 is 2.30 bits per heavy atom. The molecule has 1 aliphatic carbocycles. The highest BCUT2D eigenvalue weighted by molar-refractivity contribution is 7.74. The Morgan fingerprint density at radius 1 is 1.40 bits per heavy atom. The molecule has 0 radical (unpaired) electrons. The average Bonchev–Trinajstić information content (AvgIpc) is 2.64. The Bertz CT molecular complexity index is 176. The van der Waals surface area contributed by atoms with Crippen LogP contribution >= 0.6 is 11.6 Å². The first-order valence-corrected chi connectivity index (χ1v) is 5.13. The van der Waals surface area contributed by atoms with Gasteiger partial charge in [0.25, 0.3) is 0 Å². The van der Waals surface area contributed by atoms with Crippen LogP contribution in [0.1, 0.15) is 25.7 Å². The summed E-state index contributed by atoms with van der Waals surface area (Å²) in [5.41, 5.74) is 0. The van der Waals surface area contributed by atoms with Crippen LogP contribution in [0.15, 0.2) is 0 Å². The molecule has 60 valence electrons. The van der Waals surface area contributed by atoms with E-state index in [1.807, 2.05) is 0 Å². The van der Waals surface area contributed by atoms with Crippen molar-refractivity contribution in [1.29, 1.82) is 0 Å². The predicted octanol–water partition coefficient (Wildman–Crippen LogP) is 1.15. The van der Waals surface area contributed by atoms with E-state index in [1.165, 1.54) is 0 Å². The van der Waals surface area contributed by atoms with Gasteiger partial charge in [0.1, 0.15) is 10.7 Å². The lowest BCUT2D eigenvalue weighted by Gasteiger charge is -2.02. The van der Waals surface area contributed by atoms with Crippen LogP contribution in [0.5, 0.6) is 0 Å². The fraction of sp³-hybridized carbons (Fsp3) is 1.00. The van der Waals surface area contributed by atoms with Crippen molar-refractivity contribution in [1.82, 2.24) is 0 Å². The standard InChI is InChI=1S/C6H11ClO2S/c7-5-1-2-6(3-4-6)10(8)9/h10H,1-5H2. The second-order valence-electron chi connectivity index (χ2n) is 2.77. The van der Waals surface area contributed by atoms with Crippen molar-refractivity contribution in [2.75, 3.05) is 5.88 Å². The zero-order valence-electron chi connectivity index (χ0n) is 5.68. The summed E-state index contributed by atoms with van der Waals surface area (Å²) in [6, 6.07) is 0. The van der Waals surface area contributed by atoms with Gasteiger partial charge in [-0.2, -0.15) is 0 Å². The summed E-state index contributed by atoms with van der Waals surface area (Å²) in [5.74, 6) is 0.574. The smallest absolute Gasteiger partial charge is 0.145 e. The van der Waals surface area contributed by atoms with Crippen molar-refractivity contribution >= 4 is 22.3 Å². The molecule has 2 nitrogen and oxygen atoms in total. The Hall–Kier alpha value is 0.240. The Labute approximate surface area is 67.5 Å². The maximum absolute atomic E-state index is 10.6. The molecule has 0 N–H and O–H groups in total. The van der Waals surface area contributed by atoms with Crippen molar-refractivity contribution < 1.29 is 8.42 Å². The number of hydrogen-bond acceptors (Lipinski definition) is 2. The topological polar surface area (TPSA) is 34.1 Å². The summed E-state index contributed by atoms with van der Waals surface area (Å²) in [6.07, 6.45) is 3.28. The van der Waals surface area contributed by atoms with Crippen molar-refractivity contribution in [3.8, 4) is 0 Å². The van der Waals surface area contributed by atoms with Crippen molar-refractivity contribution in [2.24, 2.45) is 0 Å². The van der Waals surface area contributed by atoms with Gasteiger partial charge in [-0.25, -0.2) is 8.42 Å². The monoisotopic (exact) mass is 182 g/mol. The van der Waals surface area contributed by atoms with Gasteiger partial charge in [-0.15, -0.1) is 11.6 Å². The molecule has 1 saturated carbocycles. The number of thiol groups is 1. The molecule has 0 saturated heterocycles. The van der Waals surface area contributed by atoms with E-state index in [9.17, 15) is 8.42 Å². The number of halogens is 1. The summed E-state index contributed by atoms with van der Waals surface area (Å²) in [5, 5.41) is 0. The maximum Gasteiger partial charge on any atom is 0.145 e. The van der Waals surface area contributed by atoms with E-state index in [-0.39, 0.29) is 4.75 Å². The lowest BCUT2D eigenvalue weighted by molar-refractivity contribution is 0.586. The molecule has 0 heterocycles. The van der Waals surface area contributed by atoms with Crippen LogP contribution in [0.25, 0.3) is 0 Å². The molecule has 0 unspecified atom stereocenters. The molecule has 1 fully saturated rings. The molecule has 10 heavy (non-hydrogen) atoms. The summed E-state index contributed by atoms with van der Waals surface area (Å²) < 4.78 is 20.8. The van der Waals surface area contributed by atoms with Gasteiger partial charge in [0.2, 0.25) is 0 Å². The minimum atomic E-state index is -2.20. The van der Waals surface area contributed by atoms with Crippen molar-refractivity contribution in [3.63, 3.8) is 0 Å². The molecule has 0 spiro atoms. The highest BCUT2D eigenvalue weighted by Crippen LogP contribution is 2.43. The van der Waals surface area contributed by atoms with Gasteiger partial charge >= 0.3 is 0 Å². The summed E-state index contributed by atoms with van der Waals surface area (Å²) in [7, 11) is -2.20. The van der Waals surface area contributed by atoms with E-state index in [0.29, 0.717) is 5.88 Å². The van der Waals surface area contributed by atoms with Crippen LogP contribution in [-0.2, 0) is 10.7 Å². The average molecular weight is 183 g/mol. The Balaban J connectivity index is 2.38. The summed E-state index contributed by atoms with van der Waals surface area (Å²) >= 11 is 5.44. The van der Waals surface area contributed by atoms with Crippen LogP contribution in [0.2, 0.25) is 0 Å². The summed E-state index contributed by atoms with van der Waals surface area (Å²) in [6.45, 7) is 0. The van der Waals surface area contributed by atoms with E-state index in [2.05, 4.69) is 0 Å². The minimum Gasteiger partial charge on any atom is -0.231 e. The van der Waals surface area contributed by atoms with Gasteiger partial charge < -0.3 is 0 Å². The molecule has 0 aromatic rings. The lowest BCUT2D eigenvalue weighted by Crippen LogP contribution is -2.10. The van der Waals surface area contributed by atoms with E-state index in [4.69, 9.17) is 11.6 Å². The van der Waals surface area contributed by atoms with Crippen LogP contribution in [0.3, 0.4) is 0 Å². The number of rotatable bonds is 4. The molecule has 0 aromatic carbocycles. The van der Waals surface area contributed by atoms with Crippen LogP contribution in [0, 0.1) is 0 Å². The Kier molecular flexibility index (Phi) is 2.58. The number of hydrogen-bond donors (Lipinski definition) is 1. The molecule has 0 atom stereocenters. The SMILES string of the molecule is O=[SH](=O)C1(CCCCl)CC1. The maximum atomic E-state index is 10.6. The predicted molar refractivity (Wildman–Crippen MR) is 42.2 cm³/mol. The molecule has 1 aliphatic rings. The van der Waals surface area contributed by atoms with Crippen molar-refractivity contribution in [2.45, 2.75) is 30.4 Å². The van der Waals surface area contributed by atoms with Gasteiger partial charge in [-0.1, -0.05) is 0 Å². The van der Waals surface area contributed by atoms with E-state index >= 15 is 0 Å². The first kappa shape index (κ1) is 8.34. The molecule has 1 rings (SSSR count). The molecule has 0 amide bonds. The zero-order valence-corrected chi connectivity index (χ0v) is 7.33. The Morgan fingerprint density at radius 2 is 2.00 bits per heavy atom. The second kappa shape index (κ2) is 3.09. The fourth-order valence-corrected chi connectivity index (χ4v) is 2.02. The minimum absolute atomic E-state index is 0.329. The van der Waals surface area contributed by atoms with Crippen LogP contribution in [0.4, 0.5) is 0 Å². The zero-order chi connectivity index (χ0) is 7.61. The first-order chi connectivity index (χ1) is 4.71. The van der Waals surface area contributed by atoms with Gasteiger partial charge in [-0.3, -0.25) is 0 Å². The molecular formula is C6H11ClO2S.